The van der Waals surface area contributed by atoms with Crippen molar-refractivity contribution in [3.05, 3.63) is 83.1 Å². The van der Waals surface area contributed by atoms with Crippen LogP contribution >= 0.6 is 11.3 Å². The van der Waals surface area contributed by atoms with Crippen LogP contribution in [-0.2, 0) is 11.2 Å². The van der Waals surface area contributed by atoms with Gasteiger partial charge in [0, 0.05) is 11.8 Å². The minimum atomic E-state index is 0.00406. The Bertz CT molecular complexity index is 1390. The number of nitrogens with zero attached hydrogens (tertiary/aromatic N) is 2. The van der Waals surface area contributed by atoms with Crippen LogP contribution in [0.15, 0.2) is 66.4 Å². The van der Waals surface area contributed by atoms with Gasteiger partial charge >= 0.3 is 0 Å². The lowest BCUT2D eigenvalue weighted by Crippen LogP contribution is -2.27. The Balaban J connectivity index is 1.35. The number of hydrogen-bond acceptors (Lipinski definition) is 5. The highest BCUT2D eigenvalue weighted by Crippen LogP contribution is 2.41. The number of nitrogens with one attached hydrogen (secondary N) is 1. The number of fused-ring (bicyclic) bond motifs is 1. The summed E-state index contributed by atoms with van der Waals surface area (Å²) in [5.41, 5.74) is 6.18. The Labute approximate surface area is 216 Å². The molecule has 1 heterocycles. The summed E-state index contributed by atoms with van der Waals surface area (Å²) in [6, 6.07) is 14.3. The van der Waals surface area contributed by atoms with Crippen LogP contribution in [0.2, 0.25) is 0 Å². The van der Waals surface area contributed by atoms with Gasteiger partial charge in [-0.25, -0.2) is 4.98 Å². The lowest BCUT2D eigenvalue weighted by molar-refractivity contribution is -0.121. The van der Waals surface area contributed by atoms with E-state index in [1.165, 1.54) is 16.7 Å². The summed E-state index contributed by atoms with van der Waals surface area (Å²) >= 11 is 1.62. The van der Waals surface area contributed by atoms with Crippen LogP contribution in [-0.4, -0.2) is 17.0 Å². The van der Waals surface area contributed by atoms with Crippen LogP contribution in [0, 0.1) is 11.3 Å². The largest absolute Gasteiger partial charge is 0.490 e. The highest BCUT2D eigenvalue weighted by molar-refractivity contribution is 7.18. The third-order valence-corrected chi connectivity index (χ3v) is 7.60. The van der Waals surface area contributed by atoms with E-state index in [4.69, 9.17) is 4.74 Å². The Kier molecular flexibility index (Phi) is 7.02. The number of carbonyl (C=O) groups excluding carboxylic acids is 1. The van der Waals surface area contributed by atoms with Crippen LogP contribution in [0.1, 0.15) is 62.3 Å². The average molecular weight is 496 g/mol. The standard InChI is InChI=1S/C30H29N3O2S/c1-19(2)35-27-14-11-21(16-22(27)17-31)30-32-18-28(36-30)25-10-6-9-24-23(25)12-13-26(24)33-29(34)15-20-7-4-3-5-8-20/h4,6-11,14,16,18-19,26H,3,5,12-13,15H2,1-2H3,(H,33,34). The number of hydrogen-bond donors (Lipinski definition) is 1. The number of aromatic nitrogens is 1. The van der Waals surface area contributed by atoms with Crippen molar-refractivity contribution in [1.29, 1.82) is 5.26 Å². The van der Waals surface area contributed by atoms with Crippen LogP contribution in [0.4, 0.5) is 0 Å². The first-order valence-corrected chi connectivity index (χ1v) is 13.3. The third-order valence-electron chi connectivity index (χ3n) is 6.52. The Morgan fingerprint density at radius 3 is 2.94 bits per heavy atom. The molecular formula is C30H29N3O2S. The van der Waals surface area contributed by atoms with E-state index in [0.717, 1.165) is 46.7 Å². The highest BCUT2D eigenvalue weighted by atomic mass is 32.1. The smallest absolute Gasteiger partial charge is 0.224 e. The Morgan fingerprint density at radius 1 is 1.28 bits per heavy atom. The third kappa shape index (κ3) is 5.12. The predicted octanol–water partition coefficient (Wildman–Crippen LogP) is 6.91. The number of nitriles is 1. The average Bonchev–Trinajstić information content (AvgIpc) is 3.52. The SMILES string of the molecule is CC(C)Oc1ccc(-c2ncc(-c3cccc4c3CCC4NC(=O)CC3=CCCC=C3)s2)cc1C#N. The van der Waals surface area contributed by atoms with Crippen molar-refractivity contribution in [3.8, 4) is 32.8 Å². The van der Waals surface area contributed by atoms with Crippen LogP contribution in [0.3, 0.4) is 0 Å². The summed E-state index contributed by atoms with van der Waals surface area (Å²) in [5.74, 6) is 0.673. The number of rotatable bonds is 7. The fourth-order valence-corrected chi connectivity index (χ4v) is 5.87. The number of amides is 1. The normalized spacial score (nSPS) is 16.4. The number of benzene rings is 2. The summed E-state index contributed by atoms with van der Waals surface area (Å²) < 4.78 is 5.76. The molecule has 1 amide bonds. The van der Waals surface area contributed by atoms with Crippen molar-refractivity contribution >= 4 is 17.2 Å². The zero-order valence-corrected chi connectivity index (χ0v) is 21.4. The van der Waals surface area contributed by atoms with Crippen molar-refractivity contribution in [2.75, 3.05) is 0 Å². The molecule has 182 valence electrons. The summed E-state index contributed by atoms with van der Waals surface area (Å²) in [5, 5.41) is 13.7. The van der Waals surface area contributed by atoms with E-state index in [0.29, 0.717) is 17.7 Å². The summed E-state index contributed by atoms with van der Waals surface area (Å²) in [6.45, 7) is 3.89. The van der Waals surface area contributed by atoms with Crippen LogP contribution in [0.25, 0.3) is 21.0 Å². The van der Waals surface area contributed by atoms with Crippen molar-refractivity contribution in [3.63, 3.8) is 0 Å². The molecule has 2 aliphatic carbocycles. The molecule has 36 heavy (non-hydrogen) atoms. The second kappa shape index (κ2) is 10.5. The highest BCUT2D eigenvalue weighted by Gasteiger charge is 2.27. The fourth-order valence-electron chi connectivity index (χ4n) is 4.90. The zero-order valence-electron chi connectivity index (χ0n) is 20.6. The second-order valence-electron chi connectivity index (χ2n) is 9.49. The molecule has 2 aliphatic rings. The first-order valence-electron chi connectivity index (χ1n) is 12.5. The molecule has 0 radical (unpaired) electrons. The van der Waals surface area contributed by atoms with E-state index in [2.05, 4.69) is 52.8 Å². The summed E-state index contributed by atoms with van der Waals surface area (Å²) in [7, 11) is 0. The minimum Gasteiger partial charge on any atom is -0.490 e. The molecule has 0 spiro atoms. The molecular weight excluding hydrogens is 466 g/mol. The molecule has 2 aromatic carbocycles. The fraction of sp³-hybridized carbons (Fsp3) is 0.300. The predicted molar refractivity (Wildman–Crippen MR) is 144 cm³/mol. The van der Waals surface area contributed by atoms with Crippen molar-refractivity contribution in [1.82, 2.24) is 10.3 Å². The molecule has 5 nitrogen and oxygen atoms in total. The molecule has 1 atom stereocenters. The van der Waals surface area contributed by atoms with E-state index in [9.17, 15) is 10.1 Å². The number of ether oxygens (including phenoxy) is 1. The van der Waals surface area contributed by atoms with Gasteiger partial charge in [-0.15, -0.1) is 11.3 Å². The van der Waals surface area contributed by atoms with Crippen molar-refractivity contribution in [2.24, 2.45) is 0 Å². The maximum Gasteiger partial charge on any atom is 0.224 e. The molecule has 6 heteroatoms. The van der Waals surface area contributed by atoms with E-state index >= 15 is 0 Å². The molecule has 0 saturated carbocycles. The van der Waals surface area contributed by atoms with Gasteiger partial charge in [-0.1, -0.05) is 36.4 Å². The maximum absolute atomic E-state index is 12.7. The minimum absolute atomic E-state index is 0.00406. The number of allylic oxidation sites excluding steroid dienone is 3. The molecule has 3 aromatic rings. The van der Waals surface area contributed by atoms with E-state index in [1.807, 2.05) is 38.2 Å². The quantitative estimate of drug-likeness (QED) is 0.387. The molecule has 1 N–H and O–H groups in total. The van der Waals surface area contributed by atoms with E-state index in [-0.39, 0.29) is 18.1 Å². The summed E-state index contributed by atoms with van der Waals surface area (Å²) in [6.07, 6.45) is 12.6. The molecule has 0 aliphatic heterocycles. The van der Waals surface area contributed by atoms with Crippen LogP contribution in [0.5, 0.6) is 5.75 Å². The molecule has 0 saturated heterocycles. The molecule has 0 fully saturated rings. The molecule has 1 aromatic heterocycles. The van der Waals surface area contributed by atoms with Crippen molar-refractivity contribution in [2.45, 2.75) is 58.1 Å². The van der Waals surface area contributed by atoms with Gasteiger partial charge in [-0.05, 0) is 80.0 Å². The van der Waals surface area contributed by atoms with Crippen molar-refractivity contribution < 1.29 is 9.53 Å². The van der Waals surface area contributed by atoms with Crippen LogP contribution < -0.4 is 10.1 Å². The molecule has 0 bridgehead atoms. The van der Waals surface area contributed by atoms with Gasteiger partial charge < -0.3 is 10.1 Å². The van der Waals surface area contributed by atoms with E-state index in [1.54, 1.807) is 11.3 Å². The van der Waals surface area contributed by atoms with E-state index < -0.39 is 0 Å². The lowest BCUT2D eigenvalue weighted by Gasteiger charge is -2.16. The first-order chi connectivity index (χ1) is 17.5. The lowest BCUT2D eigenvalue weighted by atomic mass is 10.0. The summed E-state index contributed by atoms with van der Waals surface area (Å²) in [4.78, 5) is 18.5. The number of carbonyl (C=O) groups is 1. The Hall–Kier alpha value is -3.69. The van der Waals surface area contributed by atoms with Gasteiger partial charge in [0.15, 0.2) is 0 Å². The van der Waals surface area contributed by atoms with Gasteiger partial charge in [-0.3, -0.25) is 4.79 Å². The number of thiazole rings is 1. The Morgan fingerprint density at radius 2 is 2.17 bits per heavy atom. The molecule has 5 rings (SSSR count). The zero-order chi connectivity index (χ0) is 25.1. The van der Waals surface area contributed by atoms with Gasteiger partial charge in [0.25, 0.3) is 0 Å². The maximum atomic E-state index is 12.7. The monoisotopic (exact) mass is 495 g/mol. The van der Waals surface area contributed by atoms with Gasteiger partial charge in [0.2, 0.25) is 5.91 Å². The van der Waals surface area contributed by atoms with Gasteiger partial charge in [-0.2, -0.15) is 5.26 Å². The van der Waals surface area contributed by atoms with Gasteiger partial charge in [0.1, 0.15) is 16.8 Å². The first kappa shape index (κ1) is 24.0. The van der Waals surface area contributed by atoms with Gasteiger partial charge in [0.05, 0.1) is 29.0 Å². The topological polar surface area (TPSA) is 75.0 Å². The molecule has 1 unspecified atom stereocenters. The second-order valence-corrected chi connectivity index (χ2v) is 10.5.